The van der Waals surface area contributed by atoms with E-state index in [2.05, 4.69) is 15.5 Å². The molecule has 0 fully saturated rings. The van der Waals surface area contributed by atoms with E-state index in [1.54, 1.807) is 24.3 Å². The zero-order valence-corrected chi connectivity index (χ0v) is 12.5. The average Bonchev–Trinajstić information content (AvgIpc) is 3.03. The number of hydrogen-bond donors (Lipinski definition) is 1. The third kappa shape index (κ3) is 3.54. The van der Waals surface area contributed by atoms with Gasteiger partial charge in [0.15, 0.2) is 0 Å². The van der Waals surface area contributed by atoms with E-state index >= 15 is 0 Å². The molecule has 2 aromatic carbocycles. The number of rotatable bonds is 4. The second-order valence-electron chi connectivity index (χ2n) is 4.67. The Morgan fingerprint density at radius 2 is 1.87 bits per heavy atom. The van der Waals surface area contributed by atoms with Gasteiger partial charge in [0.25, 0.3) is 5.91 Å². The van der Waals surface area contributed by atoms with E-state index in [4.69, 9.17) is 16.0 Å². The van der Waals surface area contributed by atoms with Crippen molar-refractivity contribution >= 4 is 17.5 Å². The first-order chi connectivity index (χ1) is 11.1. The molecule has 5 nitrogen and oxygen atoms in total. The molecule has 3 aromatic rings. The number of halogens is 2. The first-order valence-electron chi connectivity index (χ1n) is 6.74. The largest absolute Gasteiger partial charge is 0.419 e. The summed E-state index contributed by atoms with van der Waals surface area (Å²) in [5.41, 5.74) is 0.968. The smallest absolute Gasteiger partial charge is 0.253 e. The van der Waals surface area contributed by atoms with Gasteiger partial charge in [-0.25, -0.2) is 4.39 Å². The van der Waals surface area contributed by atoms with Crippen LogP contribution in [-0.4, -0.2) is 16.1 Å². The van der Waals surface area contributed by atoms with Crippen LogP contribution < -0.4 is 5.32 Å². The lowest BCUT2D eigenvalue weighted by molar-refractivity contribution is 0.0947. The second kappa shape index (κ2) is 6.58. The van der Waals surface area contributed by atoms with Gasteiger partial charge < -0.3 is 9.73 Å². The Balaban J connectivity index is 1.67. The minimum atomic E-state index is -0.347. The van der Waals surface area contributed by atoms with E-state index in [1.807, 2.05) is 0 Å². The minimum Gasteiger partial charge on any atom is -0.419 e. The maximum Gasteiger partial charge on any atom is 0.253 e. The number of carbonyl (C=O) groups excluding carboxylic acids is 1. The van der Waals surface area contributed by atoms with Gasteiger partial charge in [-0.15, -0.1) is 10.2 Å². The molecule has 0 radical (unpaired) electrons. The van der Waals surface area contributed by atoms with Gasteiger partial charge in [0.2, 0.25) is 11.8 Å². The molecule has 1 heterocycles. The summed E-state index contributed by atoms with van der Waals surface area (Å²) in [5.74, 6) is -0.186. The summed E-state index contributed by atoms with van der Waals surface area (Å²) in [6.07, 6.45) is 0. The van der Waals surface area contributed by atoms with Crippen LogP contribution in [0.2, 0.25) is 5.02 Å². The molecule has 0 atom stereocenters. The predicted molar refractivity (Wildman–Crippen MR) is 82.3 cm³/mol. The molecular formula is C16H11ClFN3O2. The average molecular weight is 332 g/mol. The Bertz CT molecular complexity index is 833. The SMILES string of the molecule is O=C(NCc1nnc(-c2ccc(F)cc2)o1)c1ccccc1Cl. The summed E-state index contributed by atoms with van der Waals surface area (Å²) in [5, 5.41) is 10.7. The van der Waals surface area contributed by atoms with Gasteiger partial charge in [0.1, 0.15) is 5.82 Å². The topological polar surface area (TPSA) is 68.0 Å². The number of nitrogens with zero attached hydrogens (tertiary/aromatic N) is 2. The Hall–Kier alpha value is -2.73. The summed E-state index contributed by atoms with van der Waals surface area (Å²) < 4.78 is 18.3. The van der Waals surface area contributed by atoms with Crippen LogP contribution in [0.25, 0.3) is 11.5 Å². The molecule has 1 N–H and O–H groups in total. The molecule has 3 rings (SSSR count). The summed E-state index contributed by atoms with van der Waals surface area (Å²) >= 11 is 5.95. The molecule has 7 heteroatoms. The molecule has 1 amide bonds. The molecule has 0 spiro atoms. The predicted octanol–water partition coefficient (Wildman–Crippen LogP) is 3.46. The first kappa shape index (κ1) is 15.2. The molecule has 0 saturated heterocycles. The molecule has 0 unspecified atom stereocenters. The van der Waals surface area contributed by atoms with Gasteiger partial charge in [0.05, 0.1) is 17.1 Å². The fourth-order valence-corrected chi connectivity index (χ4v) is 2.15. The molecule has 0 aliphatic heterocycles. The Labute approximate surface area is 136 Å². The number of carbonyl (C=O) groups is 1. The van der Waals surface area contributed by atoms with Crippen LogP contribution in [0.5, 0.6) is 0 Å². The summed E-state index contributed by atoms with van der Waals surface area (Å²) in [4.78, 5) is 12.0. The number of benzene rings is 2. The molecular weight excluding hydrogens is 321 g/mol. The first-order valence-corrected chi connectivity index (χ1v) is 7.12. The molecule has 116 valence electrons. The van der Waals surface area contributed by atoms with Gasteiger partial charge in [-0.05, 0) is 36.4 Å². The standard InChI is InChI=1S/C16H11ClFN3O2/c17-13-4-2-1-3-12(13)15(22)19-9-14-20-21-16(23-14)10-5-7-11(18)8-6-10/h1-8H,9H2,(H,19,22). The Kier molecular flexibility index (Phi) is 4.34. The molecule has 1 aromatic heterocycles. The number of nitrogens with one attached hydrogen (secondary N) is 1. The van der Waals surface area contributed by atoms with Crippen molar-refractivity contribution in [3.05, 3.63) is 70.8 Å². The van der Waals surface area contributed by atoms with Crippen LogP contribution in [0.1, 0.15) is 16.2 Å². The zero-order chi connectivity index (χ0) is 16.2. The van der Waals surface area contributed by atoms with Crippen molar-refractivity contribution in [2.24, 2.45) is 0 Å². The lowest BCUT2D eigenvalue weighted by atomic mass is 10.2. The number of hydrogen-bond acceptors (Lipinski definition) is 4. The highest BCUT2D eigenvalue weighted by Gasteiger charge is 2.12. The van der Waals surface area contributed by atoms with Gasteiger partial charge in [-0.3, -0.25) is 4.79 Å². The van der Waals surface area contributed by atoms with Gasteiger partial charge in [-0.2, -0.15) is 0 Å². The minimum absolute atomic E-state index is 0.0677. The van der Waals surface area contributed by atoms with Crippen molar-refractivity contribution in [3.8, 4) is 11.5 Å². The van der Waals surface area contributed by atoms with Gasteiger partial charge >= 0.3 is 0 Å². The third-order valence-corrected chi connectivity index (χ3v) is 3.41. The number of amides is 1. The van der Waals surface area contributed by atoms with Crippen LogP contribution in [0.15, 0.2) is 52.9 Å². The number of aromatic nitrogens is 2. The van der Waals surface area contributed by atoms with Crippen LogP contribution in [0.3, 0.4) is 0 Å². The molecule has 0 saturated carbocycles. The maximum absolute atomic E-state index is 12.9. The van der Waals surface area contributed by atoms with Crippen molar-refractivity contribution in [3.63, 3.8) is 0 Å². The van der Waals surface area contributed by atoms with Crippen LogP contribution in [-0.2, 0) is 6.54 Å². The highest BCUT2D eigenvalue weighted by molar-refractivity contribution is 6.33. The lowest BCUT2D eigenvalue weighted by Gasteiger charge is -2.03. The van der Waals surface area contributed by atoms with E-state index in [0.717, 1.165) is 0 Å². The van der Waals surface area contributed by atoms with Crippen LogP contribution in [0.4, 0.5) is 4.39 Å². The molecule has 0 bridgehead atoms. The van der Waals surface area contributed by atoms with E-state index in [9.17, 15) is 9.18 Å². The summed E-state index contributed by atoms with van der Waals surface area (Å²) in [7, 11) is 0. The van der Waals surface area contributed by atoms with E-state index in [1.165, 1.54) is 24.3 Å². The van der Waals surface area contributed by atoms with Gasteiger partial charge in [-0.1, -0.05) is 23.7 Å². The van der Waals surface area contributed by atoms with E-state index in [-0.39, 0.29) is 30.1 Å². The monoisotopic (exact) mass is 331 g/mol. The third-order valence-electron chi connectivity index (χ3n) is 3.08. The normalized spacial score (nSPS) is 10.5. The van der Waals surface area contributed by atoms with Crippen molar-refractivity contribution < 1.29 is 13.6 Å². The van der Waals surface area contributed by atoms with E-state index in [0.29, 0.717) is 16.1 Å². The van der Waals surface area contributed by atoms with Crippen molar-refractivity contribution in [1.29, 1.82) is 0 Å². The fraction of sp³-hybridized carbons (Fsp3) is 0.0625. The quantitative estimate of drug-likeness (QED) is 0.795. The Morgan fingerprint density at radius 3 is 2.61 bits per heavy atom. The second-order valence-corrected chi connectivity index (χ2v) is 5.08. The van der Waals surface area contributed by atoms with Crippen molar-refractivity contribution in [2.45, 2.75) is 6.54 Å². The fourth-order valence-electron chi connectivity index (χ4n) is 1.93. The molecule has 0 aliphatic carbocycles. The van der Waals surface area contributed by atoms with E-state index < -0.39 is 0 Å². The highest BCUT2D eigenvalue weighted by Crippen LogP contribution is 2.18. The molecule has 23 heavy (non-hydrogen) atoms. The van der Waals surface area contributed by atoms with Gasteiger partial charge in [0, 0.05) is 5.56 Å². The zero-order valence-electron chi connectivity index (χ0n) is 11.8. The van der Waals surface area contributed by atoms with Crippen LogP contribution in [0, 0.1) is 5.82 Å². The lowest BCUT2D eigenvalue weighted by Crippen LogP contribution is -2.23. The van der Waals surface area contributed by atoms with Crippen molar-refractivity contribution in [2.75, 3.05) is 0 Å². The molecule has 0 aliphatic rings. The van der Waals surface area contributed by atoms with Crippen LogP contribution >= 0.6 is 11.6 Å². The summed E-state index contributed by atoms with van der Waals surface area (Å²) in [6, 6.07) is 12.4. The maximum atomic E-state index is 12.9. The summed E-state index contributed by atoms with van der Waals surface area (Å²) in [6.45, 7) is 0.0677. The highest BCUT2D eigenvalue weighted by atomic mass is 35.5. The van der Waals surface area contributed by atoms with Crippen molar-refractivity contribution in [1.82, 2.24) is 15.5 Å². The Morgan fingerprint density at radius 1 is 1.13 bits per heavy atom.